The van der Waals surface area contributed by atoms with Gasteiger partial charge in [0.25, 0.3) is 0 Å². The molecule has 0 fully saturated rings. The molecule has 3 aromatic rings. The van der Waals surface area contributed by atoms with E-state index >= 15 is 0 Å². The van der Waals surface area contributed by atoms with Gasteiger partial charge in [-0.1, -0.05) is 5.16 Å². The summed E-state index contributed by atoms with van der Waals surface area (Å²) < 4.78 is 29.0. The van der Waals surface area contributed by atoms with Gasteiger partial charge in [-0.15, -0.1) is 0 Å². The van der Waals surface area contributed by atoms with Gasteiger partial charge in [0.1, 0.15) is 17.5 Å². The Morgan fingerprint density at radius 1 is 1.26 bits per heavy atom. The lowest BCUT2D eigenvalue weighted by Gasteiger charge is -2.16. The minimum Gasteiger partial charge on any atom is -0.366 e. The molecule has 9 heteroatoms. The van der Waals surface area contributed by atoms with E-state index in [4.69, 9.17) is 4.84 Å². The first-order chi connectivity index (χ1) is 12.8. The molecule has 0 unspecified atom stereocenters. The molecule has 1 aliphatic rings. The summed E-state index contributed by atoms with van der Waals surface area (Å²) in [6.07, 6.45) is 3.36. The van der Waals surface area contributed by atoms with Crippen molar-refractivity contribution < 1.29 is 13.6 Å². The molecular formula is C18H18F2N6O. The Labute approximate surface area is 154 Å². The number of benzene rings is 1. The Morgan fingerprint density at radius 3 is 2.81 bits per heavy atom. The standard InChI is InChI=1S/C18H18F2N6O/c1-10(12-8-11(19)4-5-14(12)20)22-15-6-7-26-17(23-15)13(9-21-26)16-24-18(2,3)27-25-16/h4-10H,1-3H3,(H,22,23)(H,24,25)/t10-/m1/s1. The van der Waals surface area contributed by atoms with Gasteiger partial charge in [0, 0.05) is 11.8 Å². The second-order valence-corrected chi connectivity index (χ2v) is 6.84. The van der Waals surface area contributed by atoms with Gasteiger partial charge < -0.3 is 15.5 Å². The smallest absolute Gasteiger partial charge is 0.203 e. The maximum Gasteiger partial charge on any atom is 0.203 e. The first kappa shape index (κ1) is 17.2. The molecule has 4 rings (SSSR count). The Balaban J connectivity index is 1.64. The fraction of sp³-hybridized carbons (Fsp3) is 0.278. The van der Waals surface area contributed by atoms with Gasteiger partial charge in [-0.05, 0) is 45.0 Å². The molecule has 2 aromatic heterocycles. The highest BCUT2D eigenvalue weighted by atomic mass is 19.1. The highest BCUT2D eigenvalue weighted by Gasteiger charge is 2.30. The fourth-order valence-corrected chi connectivity index (χ4v) is 2.87. The van der Waals surface area contributed by atoms with E-state index in [1.54, 1.807) is 29.9 Å². The monoisotopic (exact) mass is 372 g/mol. The predicted octanol–water partition coefficient (Wildman–Crippen LogP) is 3.20. The van der Waals surface area contributed by atoms with Gasteiger partial charge in [-0.3, -0.25) is 0 Å². The van der Waals surface area contributed by atoms with Crippen LogP contribution in [0.3, 0.4) is 0 Å². The summed E-state index contributed by atoms with van der Waals surface area (Å²) in [5.74, 6) is 0.0592. The Hall–Kier alpha value is -3.23. The Morgan fingerprint density at radius 2 is 2.07 bits per heavy atom. The first-order valence-electron chi connectivity index (χ1n) is 8.43. The molecule has 0 radical (unpaired) electrons. The third-order valence-electron chi connectivity index (χ3n) is 4.20. The third-order valence-corrected chi connectivity index (χ3v) is 4.20. The molecule has 3 heterocycles. The van der Waals surface area contributed by atoms with Crippen molar-refractivity contribution in [3.63, 3.8) is 0 Å². The molecule has 7 nitrogen and oxygen atoms in total. The molecule has 0 amide bonds. The van der Waals surface area contributed by atoms with Gasteiger partial charge in [0.2, 0.25) is 5.72 Å². The second-order valence-electron chi connectivity index (χ2n) is 6.84. The minimum atomic E-state index is -0.608. The van der Waals surface area contributed by atoms with Gasteiger partial charge >= 0.3 is 0 Å². The summed E-state index contributed by atoms with van der Waals surface area (Å²) in [6, 6.07) is 4.60. The van der Waals surface area contributed by atoms with Crippen molar-refractivity contribution in [1.29, 1.82) is 0 Å². The average Bonchev–Trinajstić information content (AvgIpc) is 3.19. The molecule has 2 N–H and O–H groups in total. The van der Waals surface area contributed by atoms with Crippen LogP contribution in [0.1, 0.15) is 37.9 Å². The van der Waals surface area contributed by atoms with Crippen molar-refractivity contribution in [2.24, 2.45) is 5.16 Å². The number of aromatic nitrogens is 3. The average molecular weight is 372 g/mol. The summed E-state index contributed by atoms with van der Waals surface area (Å²) >= 11 is 0. The lowest BCUT2D eigenvalue weighted by molar-refractivity contribution is -0.00234. The molecule has 1 aliphatic heterocycles. The highest BCUT2D eigenvalue weighted by Crippen LogP contribution is 2.23. The number of oxime groups is 1. The molecule has 140 valence electrons. The van der Waals surface area contributed by atoms with Crippen LogP contribution in [0.2, 0.25) is 0 Å². The van der Waals surface area contributed by atoms with Gasteiger partial charge in [0.15, 0.2) is 11.5 Å². The summed E-state index contributed by atoms with van der Waals surface area (Å²) in [4.78, 5) is 9.86. The van der Waals surface area contributed by atoms with E-state index in [1.807, 2.05) is 13.8 Å². The summed E-state index contributed by atoms with van der Waals surface area (Å²) in [6.45, 7) is 5.44. The SMILES string of the molecule is C[C@@H](Nc1ccn2ncc(C3=NOC(C)(C)N3)c2n1)c1cc(F)ccc1F. The number of halogens is 2. The van der Waals surface area contributed by atoms with Crippen LogP contribution < -0.4 is 10.6 Å². The number of nitrogens with zero attached hydrogens (tertiary/aromatic N) is 4. The van der Waals surface area contributed by atoms with E-state index in [1.165, 1.54) is 6.07 Å². The largest absolute Gasteiger partial charge is 0.366 e. The lowest BCUT2D eigenvalue weighted by atomic mass is 10.1. The molecular weight excluding hydrogens is 354 g/mol. The first-order valence-corrected chi connectivity index (χ1v) is 8.43. The van der Waals surface area contributed by atoms with Gasteiger partial charge in [-0.2, -0.15) is 5.10 Å². The third kappa shape index (κ3) is 3.27. The quantitative estimate of drug-likeness (QED) is 0.736. The van der Waals surface area contributed by atoms with E-state index in [-0.39, 0.29) is 5.56 Å². The van der Waals surface area contributed by atoms with E-state index in [9.17, 15) is 8.78 Å². The zero-order chi connectivity index (χ0) is 19.2. The van der Waals surface area contributed by atoms with Crippen molar-refractivity contribution in [2.45, 2.75) is 32.5 Å². The van der Waals surface area contributed by atoms with Crippen molar-refractivity contribution in [3.8, 4) is 0 Å². The van der Waals surface area contributed by atoms with Crippen molar-refractivity contribution in [2.75, 3.05) is 5.32 Å². The molecule has 0 spiro atoms. The van der Waals surface area contributed by atoms with E-state index in [2.05, 4.69) is 25.9 Å². The maximum atomic E-state index is 14.0. The van der Waals surface area contributed by atoms with Crippen LogP contribution in [0.15, 0.2) is 41.8 Å². The second kappa shape index (κ2) is 6.19. The van der Waals surface area contributed by atoms with Gasteiger partial charge in [-0.25, -0.2) is 18.3 Å². The van der Waals surface area contributed by atoms with Crippen LogP contribution >= 0.6 is 0 Å². The Bertz CT molecular complexity index is 1050. The lowest BCUT2D eigenvalue weighted by Crippen LogP contribution is -2.38. The molecule has 0 saturated heterocycles. The summed E-state index contributed by atoms with van der Waals surface area (Å²) in [5, 5.41) is 14.5. The van der Waals surface area contributed by atoms with Crippen LogP contribution in [0.4, 0.5) is 14.6 Å². The minimum absolute atomic E-state index is 0.224. The summed E-state index contributed by atoms with van der Waals surface area (Å²) in [7, 11) is 0. The van der Waals surface area contributed by atoms with Crippen molar-refractivity contribution in [3.05, 3.63) is 59.4 Å². The molecule has 1 atom stereocenters. The van der Waals surface area contributed by atoms with Crippen LogP contribution in [0, 0.1) is 11.6 Å². The maximum absolute atomic E-state index is 14.0. The van der Waals surface area contributed by atoms with E-state index in [0.29, 0.717) is 22.9 Å². The number of hydrogen-bond acceptors (Lipinski definition) is 6. The van der Waals surface area contributed by atoms with Crippen molar-refractivity contribution >= 4 is 17.3 Å². The van der Waals surface area contributed by atoms with E-state index in [0.717, 1.165) is 12.1 Å². The number of rotatable bonds is 4. The van der Waals surface area contributed by atoms with E-state index < -0.39 is 23.4 Å². The molecule has 0 saturated carbocycles. The number of nitrogens with one attached hydrogen (secondary N) is 2. The number of amidine groups is 1. The fourth-order valence-electron chi connectivity index (χ4n) is 2.87. The van der Waals surface area contributed by atoms with Crippen LogP contribution in [-0.4, -0.2) is 26.2 Å². The molecule has 0 bridgehead atoms. The van der Waals surface area contributed by atoms with Crippen molar-refractivity contribution in [1.82, 2.24) is 19.9 Å². The Kier molecular flexibility index (Phi) is 3.94. The number of hydrogen-bond donors (Lipinski definition) is 2. The van der Waals surface area contributed by atoms with Crippen LogP contribution in [0.5, 0.6) is 0 Å². The summed E-state index contributed by atoms with van der Waals surface area (Å²) in [5.41, 5.74) is 0.846. The zero-order valence-corrected chi connectivity index (χ0v) is 15.0. The van der Waals surface area contributed by atoms with Crippen LogP contribution in [0.25, 0.3) is 5.65 Å². The van der Waals surface area contributed by atoms with Gasteiger partial charge in [0.05, 0.1) is 17.8 Å². The molecule has 1 aromatic carbocycles. The normalized spacial score (nSPS) is 16.6. The molecule has 0 aliphatic carbocycles. The van der Waals surface area contributed by atoms with Crippen LogP contribution in [-0.2, 0) is 4.84 Å². The highest BCUT2D eigenvalue weighted by molar-refractivity contribution is 6.04. The number of fused-ring (bicyclic) bond motifs is 1. The number of anilines is 1. The zero-order valence-electron chi connectivity index (χ0n) is 15.0. The predicted molar refractivity (Wildman–Crippen MR) is 96.2 cm³/mol. The topological polar surface area (TPSA) is 75.8 Å². The molecule has 27 heavy (non-hydrogen) atoms.